The first-order valence-electron chi connectivity index (χ1n) is 7.03. The summed E-state index contributed by atoms with van der Waals surface area (Å²) in [5.41, 5.74) is 5.59. The molecule has 1 aliphatic heterocycles. The Labute approximate surface area is 124 Å². The van der Waals surface area contributed by atoms with Gasteiger partial charge in [0.25, 0.3) is 0 Å². The van der Waals surface area contributed by atoms with E-state index in [1.165, 1.54) is 13.2 Å². The lowest BCUT2D eigenvalue weighted by Gasteiger charge is -2.38. The molecule has 1 aromatic rings. The van der Waals surface area contributed by atoms with E-state index in [-0.39, 0.29) is 5.82 Å². The van der Waals surface area contributed by atoms with Crippen molar-refractivity contribution in [2.45, 2.75) is 12.5 Å². The summed E-state index contributed by atoms with van der Waals surface area (Å²) in [6.45, 7) is 4.99. The van der Waals surface area contributed by atoms with Crippen LogP contribution in [0.25, 0.3) is 0 Å². The van der Waals surface area contributed by atoms with E-state index in [4.69, 9.17) is 10.5 Å². The zero-order valence-electron chi connectivity index (χ0n) is 12.5. The maximum Gasteiger partial charge on any atom is 0.326 e. The van der Waals surface area contributed by atoms with Gasteiger partial charge in [0.2, 0.25) is 0 Å². The predicted octanol–water partition coefficient (Wildman–Crippen LogP) is 0.838. The molecule has 0 amide bonds. The largest absolute Gasteiger partial charge is 0.468 e. The minimum absolute atomic E-state index is 0.204. The van der Waals surface area contributed by atoms with E-state index < -0.39 is 11.5 Å². The molecule has 1 atom stereocenters. The topological polar surface area (TPSA) is 58.8 Å². The van der Waals surface area contributed by atoms with Crippen molar-refractivity contribution >= 4 is 11.7 Å². The number of carbonyl (C=O) groups excluding carboxylic acids is 1. The first-order chi connectivity index (χ1) is 9.94. The number of piperazine rings is 1. The van der Waals surface area contributed by atoms with E-state index in [0.29, 0.717) is 25.3 Å². The van der Waals surface area contributed by atoms with Gasteiger partial charge in [-0.3, -0.25) is 9.69 Å². The highest BCUT2D eigenvalue weighted by molar-refractivity contribution is 5.80. The number of methoxy groups -OCH3 is 1. The van der Waals surface area contributed by atoms with Crippen LogP contribution in [-0.4, -0.2) is 56.2 Å². The Bertz CT molecular complexity index is 499. The molecule has 2 N–H and O–H groups in total. The molecule has 0 aliphatic carbocycles. The highest BCUT2D eigenvalue weighted by Crippen LogP contribution is 2.20. The van der Waals surface area contributed by atoms with Crippen molar-refractivity contribution in [3.8, 4) is 0 Å². The minimum Gasteiger partial charge on any atom is -0.468 e. The van der Waals surface area contributed by atoms with E-state index >= 15 is 0 Å². The molecule has 1 saturated heterocycles. The second-order valence-electron chi connectivity index (χ2n) is 5.62. The Hall–Kier alpha value is -1.66. The lowest BCUT2D eigenvalue weighted by atomic mass is 10.0. The number of ether oxygens (including phenoxy) is 1. The molecule has 1 aromatic carbocycles. The second kappa shape index (κ2) is 6.41. The Morgan fingerprint density at radius 1 is 1.33 bits per heavy atom. The molecule has 0 aromatic heterocycles. The molecule has 0 bridgehead atoms. The third kappa shape index (κ3) is 3.71. The molecule has 1 fully saturated rings. The molecular formula is C15H22FN3O2. The standard InChI is InChI=1S/C15H22FN3O2/c1-15(17,14(20)21-2)11-18-7-9-19(10-8-18)13-6-4-3-5-12(13)16/h3-6H,7-11,17H2,1-2H3. The van der Waals surface area contributed by atoms with Crippen LogP contribution in [0.2, 0.25) is 0 Å². The molecule has 0 saturated carbocycles. The SMILES string of the molecule is COC(=O)C(C)(N)CN1CCN(c2ccccc2F)CC1. The molecule has 2 rings (SSSR count). The molecular weight excluding hydrogens is 273 g/mol. The first-order valence-corrected chi connectivity index (χ1v) is 7.03. The van der Waals surface area contributed by atoms with Crippen molar-refractivity contribution in [2.24, 2.45) is 5.73 Å². The van der Waals surface area contributed by atoms with Crippen LogP contribution < -0.4 is 10.6 Å². The number of carbonyl (C=O) groups is 1. The monoisotopic (exact) mass is 295 g/mol. The van der Waals surface area contributed by atoms with Crippen molar-refractivity contribution in [3.63, 3.8) is 0 Å². The fourth-order valence-corrected chi connectivity index (χ4v) is 2.62. The maximum atomic E-state index is 13.8. The quantitative estimate of drug-likeness (QED) is 0.834. The summed E-state index contributed by atoms with van der Waals surface area (Å²) < 4.78 is 18.5. The number of para-hydroxylation sites is 1. The molecule has 1 unspecified atom stereocenters. The third-order valence-corrected chi connectivity index (χ3v) is 3.77. The summed E-state index contributed by atoms with van der Waals surface area (Å²) in [6, 6.07) is 6.77. The zero-order chi connectivity index (χ0) is 15.5. The molecule has 1 heterocycles. The Morgan fingerprint density at radius 2 is 1.95 bits per heavy atom. The summed E-state index contributed by atoms with van der Waals surface area (Å²) in [6.07, 6.45) is 0. The molecule has 0 radical (unpaired) electrons. The van der Waals surface area contributed by atoms with Crippen LogP contribution in [0, 0.1) is 5.82 Å². The summed E-state index contributed by atoms with van der Waals surface area (Å²) >= 11 is 0. The van der Waals surface area contributed by atoms with Crippen LogP contribution in [0.4, 0.5) is 10.1 Å². The molecule has 116 valence electrons. The smallest absolute Gasteiger partial charge is 0.326 e. The number of hydrogen-bond acceptors (Lipinski definition) is 5. The number of nitrogens with two attached hydrogens (primary N) is 1. The van der Waals surface area contributed by atoms with Crippen LogP contribution in [0.15, 0.2) is 24.3 Å². The summed E-state index contributed by atoms with van der Waals surface area (Å²) in [5, 5.41) is 0. The fourth-order valence-electron chi connectivity index (χ4n) is 2.62. The summed E-state index contributed by atoms with van der Waals surface area (Å²) in [7, 11) is 1.34. The van der Waals surface area contributed by atoms with Crippen LogP contribution >= 0.6 is 0 Å². The summed E-state index contributed by atoms with van der Waals surface area (Å²) in [4.78, 5) is 15.7. The maximum absolute atomic E-state index is 13.8. The lowest BCUT2D eigenvalue weighted by Crippen LogP contribution is -2.58. The number of nitrogens with zero attached hydrogens (tertiary/aromatic N) is 2. The van der Waals surface area contributed by atoms with Crippen molar-refractivity contribution in [1.29, 1.82) is 0 Å². The predicted molar refractivity (Wildman–Crippen MR) is 79.7 cm³/mol. The number of halogens is 1. The van der Waals surface area contributed by atoms with E-state index in [1.807, 2.05) is 11.0 Å². The average molecular weight is 295 g/mol. The highest BCUT2D eigenvalue weighted by atomic mass is 19.1. The van der Waals surface area contributed by atoms with Gasteiger partial charge in [-0.25, -0.2) is 4.39 Å². The third-order valence-electron chi connectivity index (χ3n) is 3.77. The van der Waals surface area contributed by atoms with E-state index in [9.17, 15) is 9.18 Å². The van der Waals surface area contributed by atoms with Gasteiger partial charge >= 0.3 is 5.97 Å². The van der Waals surface area contributed by atoms with Crippen LogP contribution in [0.3, 0.4) is 0 Å². The summed E-state index contributed by atoms with van der Waals surface area (Å²) in [5.74, 6) is -0.622. The molecule has 6 heteroatoms. The van der Waals surface area contributed by atoms with Gasteiger partial charge in [0.15, 0.2) is 0 Å². The van der Waals surface area contributed by atoms with Crippen molar-refractivity contribution in [2.75, 3.05) is 44.7 Å². The normalized spacial score (nSPS) is 19.1. The van der Waals surface area contributed by atoms with Gasteiger partial charge < -0.3 is 15.4 Å². The second-order valence-corrected chi connectivity index (χ2v) is 5.62. The number of anilines is 1. The molecule has 0 spiro atoms. The van der Waals surface area contributed by atoms with Gasteiger partial charge in [-0.1, -0.05) is 12.1 Å². The Morgan fingerprint density at radius 3 is 2.52 bits per heavy atom. The van der Waals surface area contributed by atoms with Crippen LogP contribution in [0.5, 0.6) is 0 Å². The highest BCUT2D eigenvalue weighted by Gasteiger charge is 2.33. The number of benzene rings is 1. The van der Waals surface area contributed by atoms with Crippen molar-refractivity contribution in [3.05, 3.63) is 30.1 Å². The fraction of sp³-hybridized carbons (Fsp3) is 0.533. The van der Waals surface area contributed by atoms with Crippen LogP contribution in [0.1, 0.15) is 6.92 Å². The number of rotatable bonds is 4. The van der Waals surface area contributed by atoms with E-state index in [1.54, 1.807) is 19.1 Å². The van der Waals surface area contributed by atoms with Gasteiger partial charge in [0.05, 0.1) is 12.8 Å². The average Bonchev–Trinajstić information content (AvgIpc) is 2.47. The number of esters is 1. The minimum atomic E-state index is -1.02. The Kier molecular flexibility index (Phi) is 4.80. The first kappa shape index (κ1) is 15.7. The molecule has 21 heavy (non-hydrogen) atoms. The van der Waals surface area contributed by atoms with Gasteiger partial charge in [-0.15, -0.1) is 0 Å². The number of hydrogen-bond donors (Lipinski definition) is 1. The van der Waals surface area contributed by atoms with Crippen molar-refractivity contribution in [1.82, 2.24) is 4.90 Å². The van der Waals surface area contributed by atoms with Gasteiger partial charge in [0, 0.05) is 32.7 Å². The van der Waals surface area contributed by atoms with Gasteiger partial charge in [-0.2, -0.15) is 0 Å². The molecule has 5 nitrogen and oxygen atoms in total. The van der Waals surface area contributed by atoms with Crippen molar-refractivity contribution < 1.29 is 13.9 Å². The lowest BCUT2D eigenvalue weighted by molar-refractivity contribution is -0.147. The Balaban J connectivity index is 1.92. The zero-order valence-corrected chi connectivity index (χ0v) is 12.5. The molecule has 1 aliphatic rings. The van der Waals surface area contributed by atoms with E-state index in [0.717, 1.165) is 13.1 Å². The van der Waals surface area contributed by atoms with E-state index in [2.05, 4.69) is 4.90 Å². The van der Waals surface area contributed by atoms with Gasteiger partial charge in [-0.05, 0) is 19.1 Å². The van der Waals surface area contributed by atoms with Crippen LogP contribution in [-0.2, 0) is 9.53 Å². The van der Waals surface area contributed by atoms with Gasteiger partial charge in [0.1, 0.15) is 11.4 Å².